The number of thiazole rings is 1. The van der Waals surface area contributed by atoms with Gasteiger partial charge in [-0.1, -0.05) is 26.7 Å². The van der Waals surface area contributed by atoms with Gasteiger partial charge in [-0.05, 0) is 26.2 Å². The van der Waals surface area contributed by atoms with Gasteiger partial charge < -0.3 is 5.11 Å². The standard InChI is InChI=1S/C12H21NOS/c1-5-6-8(2)7-11(14)12-9(3)13-10(4)15-12/h8,11,14H,5-7H2,1-4H3. The first-order valence-electron chi connectivity index (χ1n) is 5.66. The van der Waals surface area contributed by atoms with Crippen LogP contribution in [0, 0.1) is 19.8 Å². The zero-order valence-corrected chi connectivity index (χ0v) is 10.9. The Kier molecular flexibility index (Phi) is 4.74. The number of hydrogen-bond acceptors (Lipinski definition) is 3. The van der Waals surface area contributed by atoms with Crippen molar-refractivity contribution in [2.24, 2.45) is 5.92 Å². The molecular weight excluding hydrogens is 206 g/mol. The largest absolute Gasteiger partial charge is 0.387 e. The summed E-state index contributed by atoms with van der Waals surface area (Å²) in [6, 6.07) is 0. The molecule has 0 radical (unpaired) electrons. The van der Waals surface area contributed by atoms with E-state index in [4.69, 9.17) is 0 Å². The van der Waals surface area contributed by atoms with Crippen LogP contribution in [0.3, 0.4) is 0 Å². The van der Waals surface area contributed by atoms with E-state index in [9.17, 15) is 5.11 Å². The van der Waals surface area contributed by atoms with Crippen molar-refractivity contribution in [3.05, 3.63) is 15.6 Å². The van der Waals surface area contributed by atoms with E-state index < -0.39 is 0 Å². The lowest BCUT2D eigenvalue weighted by atomic mass is 9.98. The molecule has 2 nitrogen and oxygen atoms in total. The van der Waals surface area contributed by atoms with Crippen LogP contribution < -0.4 is 0 Å². The fraction of sp³-hybridized carbons (Fsp3) is 0.750. The summed E-state index contributed by atoms with van der Waals surface area (Å²) in [5, 5.41) is 11.1. The molecule has 0 fully saturated rings. The summed E-state index contributed by atoms with van der Waals surface area (Å²) >= 11 is 1.62. The van der Waals surface area contributed by atoms with Gasteiger partial charge in [-0.3, -0.25) is 0 Å². The molecule has 0 aliphatic carbocycles. The molecule has 2 atom stereocenters. The van der Waals surface area contributed by atoms with Crippen molar-refractivity contribution in [2.75, 3.05) is 0 Å². The normalized spacial score (nSPS) is 15.3. The van der Waals surface area contributed by atoms with Crippen LogP contribution in [0.5, 0.6) is 0 Å². The van der Waals surface area contributed by atoms with Crippen molar-refractivity contribution >= 4 is 11.3 Å². The van der Waals surface area contributed by atoms with Crippen LogP contribution in [0.4, 0.5) is 0 Å². The van der Waals surface area contributed by atoms with Crippen molar-refractivity contribution < 1.29 is 5.11 Å². The molecule has 0 bridgehead atoms. The molecule has 1 aromatic heterocycles. The van der Waals surface area contributed by atoms with Gasteiger partial charge >= 0.3 is 0 Å². The fourth-order valence-electron chi connectivity index (χ4n) is 1.96. The van der Waals surface area contributed by atoms with Crippen LogP contribution in [0.2, 0.25) is 0 Å². The molecule has 86 valence electrons. The third-order valence-corrected chi connectivity index (χ3v) is 3.82. The Hall–Kier alpha value is -0.410. The Labute approximate surface area is 96.4 Å². The highest BCUT2D eigenvalue weighted by molar-refractivity contribution is 7.11. The first-order valence-corrected chi connectivity index (χ1v) is 6.48. The molecule has 3 heteroatoms. The molecule has 0 aliphatic heterocycles. The third-order valence-electron chi connectivity index (χ3n) is 2.65. The van der Waals surface area contributed by atoms with E-state index in [1.807, 2.05) is 13.8 Å². The summed E-state index contributed by atoms with van der Waals surface area (Å²) in [7, 11) is 0. The van der Waals surface area contributed by atoms with E-state index in [1.165, 1.54) is 12.8 Å². The van der Waals surface area contributed by atoms with Crippen molar-refractivity contribution in [2.45, 2.75) is 53.1 Å². The molecule has 0 saturated carbocycles. The first-order chi connectivity index (χ1) is 7.04. The lowest BCUT2D eigenvalue weighted by Gasteiger charge is -2.14. The molecule has 1 rings (SSSR count). The van der Waals surface area contributed by atoms with E-state index in [-0.39, 0.29) is 6.10 Å². The van der Waals surface area contributed by atoms with Gasteiger partial charge in [-0.15, -0.1) is 11.3 Å². The summed E-state index contributed by atoms with van der Waals surface area (Å²) in [6.07, 6.45) is 2.91. The van der Waals surface area contributed by atoms with Crippen LogP contribution >= 0.6 is 11.3 Å². The van der Waals surface area contributed by atoms with E-state index in [0.717, 1.165) is 22.0 Å². The highest BCUT2D eigenvalue weighted by atomic mass is 32.1. The van der Waals surface area contributed by atoms with E-state index in [2.05, 4.69) is 18.8 Å². The molecule has 0 aromatic carbocycles. The van der Waals surface area contributed by atoms with Crippen LogP contribution in [-0.4, -0.2) is 10.1 Å². The maximum atomic E-state index is 10.1. The predicted molar refractivity (Wildman–Crippen MR) is 65.2 cm³/mol. The number of aliphatic hydroxyl groups excluding tert-OH is 1. The zero-order chi connectivity index (χ0) is 11.4. The molecule has 0 amide bonds. The Balaban J connectivity index is 2.60. The highest BCUT2D eigenvalue weighted by Crippen LogP contribution is 2.30. The van der Waals surface area contributed by atoms with Gasteiger partial charge in [0.1, 0.15) is 0 Å². The average molecular weight is 227 g/mol. The van der Waals surface area contributed by atoms with Crippen molar-refractivity contribution in [1.82, 2.24) is 4.98 Å². The molecular formula is C12H21NOS. The van der Waals surface area contributed by atoms with Gasteiger partial charge in [-0.2, -0.15) is 0 Å². The number of aryl methyl sites for hydroxylation is 2. The molecule has 15 heavy (non-hydrogen) atoms. The molecule has 0 spiro atoms. The van der Waals surface area contributed by atoms with Gasteiger partial charge in [0.2, 0.25) is 0 Å². The minimum atomic E-state index is -0.322. The SMILES string of the molecule is CCCC(C)CC(O)c1sc(C)nc1C. The second-order valence-electron chi connectivity index (χ2n) is 4.33. The summed E-state index contributed by atoms with van der Waals surface area (Å²) in [5.41, 5.74) is 0.994. The molecule has 1 aromatic rings. The molecule has 0 aliphatic rings. The van der Waals surface area contributed by atoms with Gasteiger partial charge in [0.25, 0.3) is 0 Å². The number of hydrogen-bond donors (Lipinski definition) is 1. The Morgan fingerprint density at radius 1 is 1.40 bits per heavy atom. The number of rotatable bonds is 5. The van der Waals surface area contributed by atoms with Gasteiger partial charge in [0, 0.05) is 0 Å². The summed E-state index contributed by atoms with van der Waals surface area (Å²) < 4.78 is 0. The van der Waals surface area contributed by atoms with E-state index >= 15 is 0 Å². The number of nitrogens with zero attached hydrogens (tertiary/aromatic N) is 1. The second-order valence-corrected chi connectivity index (χ2v) is 5.56. The first kappa shape index (κ1) is 12.7. The highest BCUT2D eigenvalue weighted by Gasteiger charge is 2.17. The monoisotopic (exact) mass is 227 g/mol. The second kappa shape index (κ2) is 5.61. The maximum absolute atomic E-state index is 10.1. The molecule has 1 heterocycles. The average Bonchev–Trinajstić information content (AvgIpc) is 2.45. The smallest absolute Gasteiger partial charge is 0.0903 e. The molecule has 2 unspecified atom stereocenters. The lowest BCUT2D eigenvalue weighted by Crippen LogP contribution is -2.04. The van der Waals surface area contributed by atoms with Crippen molar-refractivity contribution in [3.8, 4) is 0 Å². The minimum absolute atomic E-state index is 0.322. The Bertz CT molecular complexity index is 309. The quantitative estimate of drug-likeness (QED) is 0.833. The zero-order valence-electron chi connectivity index (χ0n) is 10.1. The summed E-state index contributed by atoms with van der Waals surface area (Å²) in [5.74, 6) is 0.590. The maximum Gasteiger partial charge on any atom is 0.0903 e. The van der Waals surface area contributed by atoms with Gasteiger partial charge in [-0.25, -0.2) is 4.98 Å². The number of aromatic nitrogens is 1. The van der Waals surface area contributed by atoms with Crippen molar-refractivity contribution in [1.29, 1.82) is 0 Å². The predicted octanol–water partition coefficient (Wildman–Crippen LogP) is 3.62. The lowest BCUT2D eigenvalue weighted by molar-refractivity contribution is 0.148. The summed E-state index contributed by atoms with van der Waals surface area (Å²) in [6.45, 7) is 8.36. The third kappa shape index (κ3) is 3.58. The summed E-state index contributed by atoms with van der Waals surface area (Å²) in [4.78, 5) is 5.40. The van der Waals surface area contributed by atoms with E-state index in [0.29, 0.717) is 5.92 Å². The van der Waals surface area contributed by atoms with Crippen LogP contribution in [0.25, 0.3) is 0 Å². The van der Waals surface area contributed by atoms with Gasteiger partial charge in [0.15, 0.2) is 0 Å². The Morgan fingerprint density at radius 3 is 2.53 bits per heavy atom. The van der Waals surface area contributed by atoms with E-state index in [1.54, 1.807) is 11.3 Å². The number of aliphatic hydroxyl groups is 1. The molecule has 0 saturated heterocycles. The van der Waals surface area contributed by atoms with Crippen LogP contribution in [0.15, 0.2) is 0 Å². The van der Waals surface area contributed by atoms with Crippen LogP contribution in [-0.2, 0) is 0 Å². The topological polar surface area (TPSA) is 33.1 Å². The van der Waals surface area contributed by atoms with Gasteiger partial charge in [0.05, 0.1) is 21.7 Å². The fourth-order valence-corrected chi connectivity index (χ4v) is 2.88. The molecule has 1 N–H and O–H groups in total. The minimum Gasteiger partial charge on any atom is -0.387 e. The van der Waals surface area contributed by atoms with Crippen LogP contribution in [0.1, 0.15) is 54.8 Å². The Morgan fingerprint density at radius 2 is 2.07 bits per heavy atom. The van der Waals surface area contributed by atoms with Crippen molar-refractivity contribution in [3.63, 3.8) is 0 Å².